The van der Waals surface area contributed by atoms with E-state index in [4.69, 9.17) is 4.98 Å². The smallest absolute Gasteiger partial charge is 0.252 e. The monoisotopic (exact) mass is 402 g/mol. The molecule has 0 spiro atoms. The highest BCUT2D eigenvalue weighted by atomic mass is 19.1. The van der Waals surface area contributed by atoms with Crippen LogP contribution >= 0.6 is 0 Å². The van der Waals surface area contributed by atoms with Crippen molar-refractivity contribution in [1.29, 1.82) is 0 Å². The Kier molecular flexibility index (Phi) is 4.57. The van der Waals surface area contributed by atoms with Crippen LogP contribution in [0, 0.1) is 12.7 Å². The van der Waals surface area contributed by atoms with Gasteiger partial charge in [0, 0.05) is 29.6 Å². The van der Waals surface area contributed by atoms with Crippen LogP contribution in [0.15, 0.2) is 48.8 Å². The second kappa shape index (κ2) is 7.27. The van der Waals surface area contributed by atoms with Crippen molar-refractivity contribution in [3.63, 3.8) is 0 Å². The van der Waals surface area contributed by atoms with Crippen molar-refractivity contribution in [1.82, 2.24) is 20.3 Å². The highest BCUT2D eigenvalue weighted by Gasteiger charge is 2.47. The fourth-order valence-corrected chi connectivity index (χ4v) is 4.31. The predicted molar refractivity (Wildman–Crippen MR) is 111 cm³/mol. The largest absolute Gasteiger partial charge is 0.341 e. The van der Waals surface area contributed by atoms with Crippen LogP contribution in [-0.2, 0) is 12.0 Å². The van der Waals surface area contributed by atoms with Gasteiger partial charge in [-0.3, -0.25) is 9.78 Å². The summed E-state index contributed by atoms with van der Waals surface area (Å²) in [6, 6.07) is 9.83. The molecule has 0 bridgehead atoms. The van der Waals surface area contributed by atoms with Gasteiger partial charge in [0.05, 0.1) is 11.2 Å². The number of hydrogen-bond acceptors (Lipinski definition) is 4. The number of hydrogen-bond donors (Lipinski definition) is 1. The van der Waals surface area contributed by atoms with E-state index in [1.807, 2.05) is 25.4 Å². The number of amides is 1. The number of carbonyl (C=O) groups excluding carboxylic acids is 1. The van der Waals surface area contributed by atoms with Gasteiger partial charge >= 0.3 is 0 Å². The number of benzene rings is 1. The van der Waals surface area contributed by atoms with E-state index in [1.54, 1.807) is 0 Å². The van der Waals surface area contributed by atoms with Gasteiger partial charge in [-0.05, 0) is 80.5 Å². The molecule has 5 nitrogen and oxygen atoms in total. The Morgan fingerprint density at radius 2 is 1.83 bits per heavy atom. The second-order valence-electron chi connectivity index (χ2n) is 8.28. The van der Waals surface area contributed by atoms with Crippen molar-refractivity contribution in [3.05, 3.63) is 88.5 Å². The molecule has 2 aromatic heterocycles. The third kappa shape index (κ3) is 3.47. The van der Waals surface area contributed by atoms with Gasteiger partial charge in [0.15, 0.2) is 0 Å². The molecule has 0 radical (unpaired) electrons. The van der Waals surface area contributed by atoms with Crippen LogP contribution in [0.2, 0.25) is 0 Å². The van der Waals surface area contributed by atoms with Crippen LogP contribution < -0.4 is 5.32 Å². The Labute approximate surface area is 174 Å². The molecule has 2 heterocycles. The summed E-state index contributed by atoms with van der Waals surface area (Å²) in [6.45, 7) is 1.89. The molecule has 1 N–H and O–H groups in total. The maximum Gasteiger partial charge on any atom is 0.252 e. The second-order valence-corrected chi connectivity index (χ2v) is 8.28. The van der Waals surface area contributed by atoms with Gasteiger partial charge in [0.2, 0.25) is 0 Å². The first kappa shape index (κ1) is 18.9. The SMILES string of the molecule is Cc1ncc([C@@H]2CCCc3nc(C4(NC(=O)c5ccc(F)cc5)CC4)ccc32)cn1. The summed E-state index contributed by atoms with van der Waals surface area (Å²) in [5.74, 6) is 0.495. The topological polar surface area (TPSA) is 67.8 Å². The molecule has 2 aliphatic carbocycles. The molecular formula is C24H23FN4O. The summed E-state index contributed by atoms with van der Waals surface area (Å²) >= 11 is 0. The van der Waals surface area contributed by atoms with Gasteiger partial charge in [-0.15, -0.1) is 0 Å². The van der Waals surface area contributed by atoms with Gasteiger partial charge < -0.3 is 5.32 Å². The lowest BCUT2D eigenvalue weighted by atomic mass is 9.81. The van der Waals surface area contributed by atoms with E-state index < -0.39 is 5.54 Å². The standard InChI is InChI=1S/C24H23FN4O/c1-15-26-13-17(14-27-15)19-3-2-4-21-20(19)9-10-22(28-21)24(11-12-24)29-23(30)16-5-7-18(25)8-6-16/h5-10,13-14,19H,2-4,11-12H2,1H3,(H,29,30)/t19-/m0/s1. The van der Waals surface area contributed by atoms with Crippen LogP contribution in [0.25, 0.3) is 0 Å². The summed E-state index contributed by atoms with van der Waals surface area (Å²) in [4.78, 5) is 26.4. The average molecular weight is 402 g/mol. The van der Waals surface area contributed by atoms with Crippen LogP contribution in [-0.4, -0.2) is 20.9 Å². The molecule has 1 aromatic carbocycles. The van der Waals surface area contributed by atoms with E-state index in [1.165, 1.54) is 29.8 Å². The fourth-order valence-electron chi connectivity index (χ4n) is 4.31. The number of nitrogens with one attached hydrogen (secondary N) is 1. The van der Waals surface area contributed by atoms with E-state index in [-0.39, 0.29) is 17.6 Å². The molecule has 6 heteroatoms. The molecule has 0 aliphatic heterocycles. The molecule has 0 unspecified atom stereocenters. The van der Waals surface area contributed by atoms with Gasteiger partial charge in [-0.2, -0.15) is 0 Å². The number of carbonyl (C=O) groups is 1. The van der Waals surface area contributed by atoms with E-state index in [0.717, 1.165) is 54.9 Å². The van der Waals surface area contributed by atoms with Gasteiger partial charge in [0.1, 0.15) is 11.6 Å². The summed E-state index contributed by atoms with van der Waals surface area (Å²) in [5.41, 5.74) is 4.42. The Balaban J connectivity index is 1.40. The Morgan fingerprint density at radius 1 is 1.10 bits per heavy atom. The predicted octanol–water partition coefficient (Wildman–Crippen LogP) is 4.21. The maximum atomic E-state index is 13.1. The molecule has 30 heavy (non-hydrogen) atoms. The number of rotatable bonds is 4. The number of aromatic nitrogens is 3. The van der Waals surface area contributed by atoms with E-state index in [0.29, 0.717) is 5.56 Å². The van der Waals surface area contributed by atoms with Gasteiger partial charge in [-0.25, -0.2) is 14.4 Å². The fraction of sp³-hybridized carbons (Fsp3) is 0.333. The zero-order valence-corrected chi connectivity index (χ0v) is 16.9. The quantitative estimate of drug-likeness (QED) is 0.710. The summed E-state index contributed by atoms with van der Waals surface area (Å²) in [5, 5.41) is 3.13. The Morgan fingerprint density at radius 3 is 2.53 bits per heavy atom. The Hall–Kier alpha value is -3.15. The average Bonchev–Trinajstić information content (AvgIpc) is 3.54. The van der Waals surface area contributed by atoms with Crippen molar-refractivity contribution in [2.45, 2.75) is 50.5 Å². The zero-order valence-electron chi connectivity index (χ0n) is 16.9. The number of fused-ring (bicyclic) bond motifs is 1. The van der Waals surface area contributed by atoms with Crippen LogP contribution in [0.1, 0.15) is 70.3 Å². The van der Waals surface area contributed by atoms with Crippen LogP contribution in [0.3, 0.4) is 0 Å². The zero-order chi connectivity index (χ0) is 20.7. The third-order valence-electron chi connectivity index (χ3n) is 6.19. The van der Waals surface area contributed by atoms with Gasteiger partial charge in [-0.1, -0.05) is 6.07 Å². The molecule has 1 amide bonds. The van der Waals surface area contributed by atoms with Crippen molar-refractivity contribution < 1.29 is 9.18 Å². The summed E-state index contributed by atoms with van der Waals surface area (Å²) in [7, 11) is 0. The van der Waals surface area contributed by atoms with Gasteiger partial charge in [0.25, 0.3) is 5.91 Å². The first-order valence-electron chi connectivity index (χ1n) is 10.4. The minimum atomic E-state index is -0.416. The number of pyridine rings is 1. The lowest BCUT2D eigenvalue weighted by molar-refractivity contribution is 0.0929. The minimum Gasteiger partial charge on any atom is -0.341 e. The molecule has 5 rings (SSSR count). The molecule has 1 saturated carbocycles. The lowest BCUT2D eigenvalue weighted by Crippen LogP contribution is -2.36. The van der Waals surface area contributed by atoms with Crippen molar-refractivity contribution in [3.8, 4) is 0 Å². The summed E-state index contributed by atoms with van der Waals surface area (Å²) < 4.78 is 13.1. The van der Waals surface area contributed by atoms with Crippen molar-refractivity contribution in [2.75, 3.05) is 0 Å². The first-order valence-corrected chi connectivity index (χ1v) is 10.4. The minimum absolute atomic E-state index is 0.193. The molecule has 0 saturated heterocycles. The van der Waals surface area contributed by atoms with Crippen LogP contribution in [0.4, 0.5) is 4.39 Å². The van der Waals surface area contributed by atoms with Crippen molar-refractivity contribution >= 4 is 5.91 Å². The third-order valence-corrected chi connectivity index (χ3v) is 6.19. The molecule has 3 aromatic rings. The lowest BCUT2D eigenvalue weighted by Gasteiger charge is -2.26. The van der Waals surface area contributed by atoms with E-state index >= 15 is 0 Å². The highest BCUT2D eigenvalue weighted by Crippen LogP contribution is 2.46. The van der Waals surface area contributed by atoms with E-state index in [2.05, 4.69) is 21.4 Å². The number of aryl methyl sites for hydroxylation is 2. The highest BCUT2D eigenvalue weighted by molar-refractivity contribution is 5.95. The Bertz CT molecular complexity index is 1090. The van der Waals surface area contributed by atoms with Crippen molar-refractivity contribution in [2.24, 2.45) is 0 Å². The number of nitrogens with zero attached hydrogens (tertiary/aromatic N) is 3. The molecule has 152 valence electrons. The number of halogens is 1. The van der Waals surface area contributed by atoms with Crippen LogP contribution in [0.5, 0.6) is 0 Å². The molecule has 1 atom stereocenters. The molecule has 1 fully saturated rings. The molecular weight excluding hydrogens is 379 g/mol. The van der Waals surface area contributed by atoms with E-state index in [9.17, 15) is 9.18 Å². The normalized spacial score (nSPS) is 19.1. The first-order chi connectivity index (χ1) is 14.5. The maximum absolute atomic E-state index is 13.1. The summed E-state index contributed by atoms with van der Waals surface area (Å²) in [6.07, 6.45) is 8.63. The molecule has 2 aliphatic rings.